The number of methoxy groups -OCH3 is 1. The van der Waals surface area contributed by atoms with Gasteiger partial charge < -0.3 is 10.5 Å². The molecular weight excluding hydrogens is 311 g/mol. The molecule has 1 amide bonds. The van der Waals surface area contributed by atoms with Gasteiger partial charge in [-0.05, 0) is 42.5 Å². The number of carbonyl (C=O) groups excluding carboxylic acids is 1. The minimum absolute atomic E-state index is 0.0163. The number of rotatable bonds is 5. The van der Waals surface area contributed by atoms with Gasteiger partial charge >= 0.3 is 0 Å². The fourth-order valence-electron chi connectivity index (χ4n) is 1.77. The van der Waals surface area contributed by atoms with Crippen LogP contribution in [0.25, 0.3) is 0 Å². The quantitative estimate of drug-likeness (QED) is 0.875. The number of halogens is 1. The maximum atomic E-state index is 13.3. The third kappa shape index (κ3) is 3.34. The van der Waals surface area contributed by atoms with E-state index in [-0.39, 0.29) is 21.9 Å². The minimum Gasteiger partial charge on any atom is -0.495 e. The zero-order valence-electron chi connectivity index (χ0n) is 11.5. The van der Waals surface area contributed by atoms with Crippen molar-refractivity contribution in [3.63, 3.8) is 0 Å². The molecule has 8 heteroatoms. The monoisotopic (exact) mass is 324 g/mol. The van der Waals surface area contributed by atoms with Gasteiger partial charge in [-0.2, -0.15) is 0 Å². The van der Waals surface area contributed by atoms with Crippen LogP contribution in [0.3, 0.4) is 0 Å². The lowest BCUT2D eigenvalue weighted by atomic mass is 10.2. The first-order valence-corrected chi connectivity index (χ1v) is 7.58. The van der Waals surface area contributed by atoms with Gasteiger partial charge in [0.15, 0.2) is 0 Å². The van der Waals surface area contributed by atoms with E-state index in [0.29, 0.717) is 0 Å². The Balaban J connectivity index is 2.35. The van der Waals surface area contributed by atoms with E-state index in [4.69, 9.17) is 10.5 Å². The highest BCUT2D eigenvalue weighted by Crippen LogP contribution is 2.26. The summed E-state index contributed by atoms with van der Waals surface area (Å²) in [7, 11) is -2.76. The molecule has 0 atom stereocenters. The lowest BCUT2D eigenvalue weighted by molar-refractivity contribution is 0.100. The summed E-state index contributed by atoms with van der Waals surface area (Å²) in [6, 6.07) is 8.69. The molecule has 2 aromatic rings. The molecule has 22 heavy (non-hydrogen) atoms. The molecule has 0 spiro atoms. The number of sulfonamides is 1. The minimum atomic E-state index is -4.04. The Morgan fingerprint density at radius 2 is 1.82 bits per heavy atom. The molecular formula is C14H13FN2O4S. The molecule has 0 radical (unpaired) electrons. The van der Waals surface area contributed by atoms with Crippen LogP contribution in [0, 0.1) is 5.82 Å². The number of benzene rings is 2. The first kappa shape index (κ1) is 15.8. The predicted molar refractivity (Wildman–Crippen MR) is 78.7 cm³/mol. The largest absolute Gasteiger partial charge is 0.495 e. The summed E-state index contributed by atoms with van der Waals surface area (Å²) in [5.74, 6) is -1.31. The average Bonchev–Trinajstić information content (AvgIpc) is 2.47. The molecule has 2 aromatic carbocycles. The van der Waals surface area contributed by atoms with Crippen LogP contribution in [0.5, 0.6) is 5.75 Å². The standard InChI is InChI=1S/C14H13FN2O4S/c1-21-12-7-4-10(15)8-13(12)22(19,20)17-11-5-2-9(3-6-11)14(16)18/h2-8,17H,1H3,(H2,16,18). The van der Waals surface area contributed by atoms with Crippen molar-refractivity contribution in [2.75, 3.05) is 11.8 Å². The molecule has 0 aliphatic carbocycles. The number of hydrogen-bond acceptors (Lipinski definition) is 4. The van der Waals surface area contributed by atoms with E-state index in [2.05, 4.69) is 4.72 Å². The second-order valence-electron chi connectivity index (χ2n) is 4.34. The Hall–Kier alpha value is -2.61. The van der Waals surface area contributed by atoms with Gasteiger partial charge in [-0.15, -0.1) is 0 Å². The molecule has 116 valence electrons. The van der Waals surface area contributed by atoms with Crippen LogP contribution < -0.4 is 15.2 Å². The van der Waals surface area contributed by atoms with Gasteiger partial charge in [-0.25, -0.2) is 12.8 Å². The van der Waals surface area contributed by atoms with Gasteiger partial charge in [0, 0.05) is 11.3 Å². The molecule has 2 rings (SSSR count). The van der Waals surface area contributed by atoms with Crippen LogP contribution >= 0.6 is 0 Å². The van der Waals surface area contributed by atoms with E-state index in [1.165, 1.54) is 37.4 Å². The fourth-order valence-corrected chi connectivity index (χ4v) is 3.01. The first-order valence-electron chi connectivity index (χ1n) is 6.10. The first-order chi connectivity index (χ1) is 10.3. The molecule has 0 aliphatic rings. The smallest absolute Gasteiger partial charge is 0.265 e. The van der Waals surface area contributed by atoms with E-state index in [0.717, 1.165) is 12.1 Å². The number of hydrogen-bond donors (Lipinski definition) is 2. The highest BCUT2D eigenvalue weighted by molar-refractivity contribution is 7.92. The lowest BCUT2D eigenvalue weighted by Gasteiger charge is -2.11. The maximum absolute atomic E-state index is 13.3. The van der Waals surface area contributed by atoms with Gasteiger partial charge in [0.05, 0.1) is 7.11 Å². The van der Waals surface area contributed by atoms with Crippen molar-refractivity contribution < 1.29 is 22.3 Å². The Kier molecular flexibility index (Phi) is 4.32. The molecule has 0 bridgehead atoms. The van der Waals surface area contributed by atoms with Crippen LogP contribution in [-0.4, -0.2) is 21.4 Å². The van der Waals surface area contributed by atoms with Crippen LogP contribution in [0.4, 0.5) is 10.1 Å². The van der Waals surface area contributed by atoms with E-state index in [1.54, 1.807) is 0 Å². The molecule has 0 unspecified atom stereocenters. The van der Waals surface area contributed by atoms with Crippen molar-refractivity contribution in [1.82, 2.24) is 0 Å². The fraction of sp³-hybridized carbons (Fsp3) is 0.0714. The summed E-state index contributed by atoms with van der Waals surface area (Å²) in [4.78, 5) is 10.6. The summed E-state index contributed by atoms with van der Waals surface area (Å²) in [6.07, 6.45) is 0. The Morgan fingerprint density at radius 3 is 2.36 bits per heavy atom. The number of ether oxygens (including phenoxy) is 1. The predicted octanol–water partition coefficient (Wildman–Crippen LogP) is 1.73. The van der Waals surface area contributed by atoms with Crippen LogP contribution in [0.15, 0.2) is 47.4 Å². The zero-order chi connectivity index (χ0) is 16.3. The van der Waals surface area contributed by atoms with E-state index in [1.807, 2.05) is 0 Å². The maximum Gasteiger partial charge on any atom is 0.265 e. The van der Waals surface area contributed by atoms with Crippen molar-refractivity contribution in [1.29, 1.82) is 0 Å². The highest BCUT2D eigenvalue weighted by atomic mass is 32.2. The Morgan fingerprint density at radius 1 is 1.18 bits per heavy atom. The lowest BCUT2D eigenvalue weighted by Crippen LogP contribution is -2.15. The summed E-state index contributed by atoms with van der Waals surface area (Å²) >= 11 is 0. The number of amides is 1. The SMILES string of the molecule is COc1ccc(F)cc1S(=O)(=O)Nc1ccc(C(N)=O)cc1. The van der Waals surface area contributed by atoms with Crippen molar-refractivity contribution >= 4 is 21.6 Å². The van der Waals surface area contributed by atoms with Gasteiger partial charge in [-0.1, -0.05) is 0 Å². The van der Waals surface area contributed by atoms with Gasteiger partial charge in [0.1, 0.15) is 16.5 Å². The van der Waals surface area contributed by atoms with Crippen LogP contribution in [0.2, 0.25) is 0 Å². The topological polar surface area (TPSA) is 98.5 Å². The second-order valence-corrected chi connectivity index (χ2v) is 5.99. The Labute approximate surface area is 126 Å². The van der Waals surface area contributed by atoms with Crippen molar-refractivity contribution in [3.8, 4) is 5.75 Å². The van der Waals surface area contributed by atoms with Gasteiger partial charge in [-0.3, -0.25) is 9.52 Å². The van der Waals surface area contributed by atoms with Gasteiger partial charge in [0.2, 0.25) is 5.91 Å². The van der Waals surface area contributed by atoms with E-state index in [9.17, 15) is 17.6 Å². The number of anilines is 1. The molecule has 0 aliphatic heterocycles. The number of primary amides is 1. The summed E-state index contributed by atoms with van der Waals surface area (Å²) in [6.45, 7) is 0. The molecule has 0 saturated carbocycles. The van der Waals surface area contributed by atoms with Crippen LogP contribution in [-0.2, 0) is 10.0 Å². The van der Waals surface area contributed by atoms with E-state index >= 15 is 0 Å². The third-order valence-electron chi connectivity index (χ3n) is 2.84. The molecule has 0 fully saturated rings. The second kappa shape index (κ2) is 6.02. The third-order valence-corrected chi connectivity index (χ3v) is 4.24. The number of nitrogens with two attached hydrogens (primary N) is 1. The number of nitrogens with one attached hydrogen (secondary N) is 1. The van der Waals surface area contributed by atoms with E-state index < -0.39 is 21.7 Å². The summed E-state index contributed by atoms with van der Waals surface area (Å²) in [5, 5.41) is 0. The molecule has 0 saturated heterocycles. The van der Waals surface area contributed by atoms with Crippen molar-refractivity contribution in [2.45, 2.75) is 4.90 Å². The Bertz CT molecular complexity index is 804. The summed E-state index contributed by atoms with van der Waals surface area (Å²) < 4.78 is 45.1. The normalized spacial score (nSPS) is 11.0. The molecule has 0 heterocycles. The average molecular weight is 324 g/mol. The summed E-state index contributed by atoms with van der Waals surface area (Å²) in [5.41, 5.74) is 5.55. The van der Waals surface area contributed by atoms with Crippen LogP contribution in [0.1, 0.15) is 10.4 Å². The van der Waals surface area contributed by atoms with Gasteiger partial charge in [0.25, 0.3) is 10.0 Å². The van der Waals surface area contributed by atoms with Crippen molar-refractivity contribution in [3.05, 3.63) is 53.8 Å². The highest BCUT2D eigenvalue weighted by Gasteiger charge is 2.20. The number of carbonyl (C=O) groups is 1. The molecule has 6 nitrogen and oxygen atoms in total. The zero-order valence-corrected chi connectivity index (χ0v) is 12.4. The molecule has 3 N–H and O–H groups in total. The van der Waals surface area contributed by atoms with Crippen molar-refractivity contribution in [2.24, 2.45) is 5.73 Å². The molecule has 0 aromatic heterocycles.